The molecule has 0 saturated heterocycles. The summed E-state index contributed by atoms with van der Waals surface area (Å²) in [5.74, 6) is -0.216. The van der Waals surface area contributed by atoms with E-state index in [9.17, 15) is 14.9 Å². The summed E-state index contributed by atoms with van der Waals surface area (Å²) in [5, 5.41) is 13.2. The molecule has 144 valence electrons. The minimum absolute atomic E-state index is 0.0246. The smallest absolute Gasteiger partial charge is 0.263 e. The summed E-state index contributed by atoms with van der Waals surface area (Å²) in [4.78, 5) is 31.5. The molecule has 0 fully saturated rings. The Morgan fingerprint density at radius 2 is 2.30 bits per heavy atom. The second-order valence-electron chi connectivity index (χ2n) is 6.69. The van der Waals surface area contributed by atoms with E-state index in [2.05, 4.69) is 22.9 Å². The number of carbonyl (C=O) groups excluding carboxylic acids is 1. The van der Waals surface area contributed by atoms with Crippen LogP contribution in [0, 0.1) is 17.2 Å². The van der Waals surface area contributed by atoms with Gasteiger partial charge in [-0.2, -0.15) is 5.26 Å². The van der Waals surface area contributed by atoms with Crippen LogP contribution in [0.4, 0.5) is 0 Å². The molecule has 0 spiro atoms. The van der Waals surface area contributed by atoms with Crippen molar-refractivity contribution in [2.24, 2.45) is 5.92 Å². The highest BCUT2D eigenvalue weighted by Gasteiger charge is 2.30. The molecule has 0 bridgehead atoms. The maximum Gasteiger partial charge on any atom is 0.263 e. The lowest BCUT2D eigenvalue weighted by Crippen LogP contribution is -2.49. The highest BCUT2D eigenvalue weighted by Crippen LogP contribution is 2.25. The number of amides is 1. The number of fused-ring (bicyclic) bond motifs is 1. The van der Waals surface area contributed by atoms with E-state index in [4.69, 9.17) is 0 Å². The summed E-state index contributed by atoms with van der Waals surface area (Å²) in [6, 6.07) is 4.04. The molecule has 27 heavy (non-hydrogen) atoms. The SMILES string of the molecule is C=CCn1c(SCC(=O)N[C@](C)(C#N)C(C)C)nc2sc(CC)cc2c1=O. The summed E-state index contributed by atoms with van der Waals surface area (Å²) >= 11 is 2.69. The predicted octanol–water partition coefficient (Wildman–Crippen LogP) is 3.35. The Balaban J connectivity index is 2.28. The second kappa shape index (κ2) is 8.72. The first-order chi connectivity index (χ1) is 12.8. The van der Waals surface area contributed by atoms with Crippen LogP contribution in [-0.2, 0) is 17.8 Å². The van der Waals surface area contributed by atoms with Crippen LogP contribution >= 0.6 is 23.1 Å². The van der Waals surface area contributed by atoms with Crippen molar-refractivity contribution in [3.05, 3.63) is 34.0 Å². The van der Waals surface area contributed by atoms with Gasteiger partial charge in [0, 0.05) is 11.4 Å². The van der Waals surface area contributed by atoms with Crippen molar-refractivity contribution in [2.45, 2.75) is 51.4 Å². The zero-order valence-corrected chi connectivity index (χ0v) is 17.7. The first kappa shape index (κ1) is 21.2. The predicted molar refractivity (Wildman–Crippen MR) is 111 cm³/mol. The van der Waals surface area contributed by atoms with Crippen LogP contribution in [0.1, 0.15) is 32.6 Å². The number of hydrogen-bond acceptors (Lipinski definition) is 6. The molecule has 1 atom stereocenters. The van der Waals surface area contributed by atoms with Gasteiger partial charge in [-0.05, 0) is 25.3 Å². The van der Waals surface area contributed by atoms with Gasteiger partial charge in [0.25, 0.3) is 5.56 Å². The summed E-state index contributed by atoms with van der Waals surface area (Å²) in [7, 11) is 0. The Hall–Kier alpha value is -2.11. The van der Waals surface area contributed by atoms with E-state index in [1.807, 2.05) is 26.8 Å². The van der Waals surface area contributed by atoms with Crippen LogP contribution in [0.2, 0.25) is 0 Å². The minimum atomic E-state index is -0.931. The lowest BCUT2D eigenvalue weighted by molar-refractivity contribution is -0.120. The number of hydrogen-bond donors (Lipinski definition) is 1. The molecular formula is C19H24N4O2S2. The van der Waals surface area contributed by atoms with Gasteiger partial charge in [-0.3, -0.25) is 14.2 Å². The Morgan fingerprint density at radius 3 is 2.85 bits per heavy atom. The van der Waals surface area contributed by atoms with E-state index in [-0.39, 0.29) is 23.1 Å². The van der Waals surface area contributed by atoms with Crippen molar-refractivity contribution in [1.29, 1.82) is 5.26 Å². The van der Waals surface area contributed by atoms with Gasteiger partial charge in [0.05, 0.1) is 17.2 Å². The molecule has 2 heterocycles. The molecule has 6 nitrogen and oxygen atoms in total. The third-order valence-electron chi connectivity index (χ3n) is 4.45. The van der Waals surface area contributed by atoms with E-state index in [0.29, 0.717) is 21.9 Å². The number of thiophene rings is 1. The van der Waals surface area contributed by atoms with Crippen LogP contribution < -0.4 is 10.9 Å². The first-order valence-corrected chi connectivity index (χ1v) is 10.5. The van der Waals surface area contributed by atoms with Crippen LogP contribution in [0.25, 0.3) is 10.2 Å². The van der Waals surface area contributed by atoms with Crippen molar-refractivity contribution >= 4 is 39.2 Å². The molecule has 0 radical (unpaired) electrons. The van der Waals surface area contributed by atoms with E-state index in [0.717, 1.165) is 11.3 Å². The zero-order valence-electron chi connectivity index (χ0n) is 16.0. The van der Waals surface area contributed by atoms with Crippen LogP contribution in [0.3, 0.4) is 0 Å². The summed E-state index contributed by atoms with van der Waals surface area (Å²) in [6.45, 7) is 11.5. The zero-order chi connectivity index (χ0) is 20.2. The average Bonchev–Trinajstić information content (AvgIpc) is 3.06. The second-order valence-corrected chi connectivity index (χ2v) is 8.75. The van der Waals surface area contributed by atoms with Crippen LogP contribution in [-0.4, -0.2) is 26.8 Å². The van der Waals surface area contributed by atoms with Gasteiger partial charge in [0.1, 0.15) is 10.4 Å². The average molecular weight is 405 g/mol. The molecule has 1 amide bonds. The molecule has 8 heteroatoms. The molecule has 2 rings (SSSR count). The molecule has 0 saturated carbocycles. The fraction of sp³-hybridized carbons (Fsp3) is 0.474. The number of aryl methyl sites for hydroxylation is 1. The summed E-state index contributed by atoms with van der Waals surface area (Å²) in [6.07, 6.45) is 2.48. The van der Waals surface area contributed by atoms with Crippen molar-refractivity contribution in [3.8, 4) is 6.07 Å². The number of thioether (sulfide) groups is 1. The molecule has 2 aromatic rings. The Labute approximate surface area is 167 Å². The third-order valence-corrected chi connectivity index (χ3v) is 6.60. The first-order valence-electron chi connectivity index (χ1n) is 8.74. The minimum Gasteiger partial charge on any atom is -0.337 e. The molecule has 1 N–H and O–H groups in total. The van der Waals surface area contributed by atoms with E-state index in [1.54, 1.807) is 13.0 Å². The lowest BCUT2D eigenvalue weighted by Gasteiger charge is -2.27. The number of rotatable bonds is 8. The number of nitrogens with one attached hydrogen (secondary N) is 1. The van der Waals surface area contributed by atoms with E-state index >= 15 is 0 Å². The molecular weight excluding hydrogens is 380 g/mol. The van der Waals surface area contributed by atoms with Gasteiger partial charge < -0.3 is 5.32 Å². The molecule has 0 aromatic carbocycles. The number of nitriles is 1. The molecule has 0 unspecified atom stereocenters. The lowest BCUT2D eigenvalue weighted by atomic mass is 9.90. The monoisotopic (exact) mass is 404 g/mol. The molecule has 0 aliphatic heterocycles. The summed E-state index contributed by atoms with van der Waals surface area (Å²) < 4.78 is 1.53. The van der Waals surface area contributed by atoms with E-state index in [1.165, 1.54) is 27.7 Å². The maximum atomic E-state index is 12.8. The normalized spacial score (nSPS) is 13.3. The largest absolute Gasteiger partial charge is 0.337 e. The van der Waals surface area contributed by atoms with Crippen molar-refractivity contribution in [1.82, 2.24) is 14.9 Å². The Morgan fingerprint density at radius 1 is 1.59 bits per heavy atom. The molecule has 0 aliphatic carbocycles. The number of allylic oxidation sites excluding steroid dienone is 1. The van der Waals surface area contributed by atoms with Gasteiger partial charge in [-0.1, -0.05) is 38.6 Å². The third kappa shape index (κ3) is 4.60. The standard InChI is InChI=1S/C19H24N4O2S2/c1-6-8-23-17(25)14-9-13(7-2)27-16(14)21-18(23)26-10-15(24)22-19(5,11-20)12(3)4/h6,9,12H,1,7-8,10H2,2-5H3,(H,22,24)/t19-/m1/s1. The number of aromatic nitrogens is 2. The highest BCUT2D eigenvalue weighted by atomic mass is 32.2. The topological polar surface area (TPSA) is 87.8 Å². The molecule has 2 aromatic heterocycles. The van der Waals surface area contributed by atoms with Crippen LogP contribution in [0.15, 0.2) is 28.7 Å². The highest BCUT2D eigenvalue weighted by molar-refractivity contribution is 7.99. The Kier molecular flexibility index (Phi) is 6.84. The maximum absolute atomic E-state index is 12.8. The van der Waals surface area contributed by atoms with Gasteiger partial charge in [-0.25, -0.2) is 4.98 Å². The van der Waals surface area contributed by atoms with Crippen molar-refractivity contribution in [2.75, 3.05) is 5.75 Å². The number of nitrogens with zero attached hydrogens (tertiary/aromatic N) is 3. The van der Waals surface area contributed by atoms with Crippen molar-refractivity contribution < 1.29 is 4.79 Å². The van der Waals surface area contributed by atoms with Gasteiger partial charge in [0.2, 0.25) is 5.91 Å². The van der Waals surface area contributed by atoms with Gasteiger partial charge in [0.15, 0.2) is 5.16 Å². The van der Waals surface area contributed by atoms with Crippen molar-refractivity contribution in [3.63, 3.8) is 0 Å². The molecule has 0 aliphatic rings. The Bertz CT molecular complexity index is 955. The van der Waals surface area contributed by atoms with Gasteiger partial charge >= 0.3 is 0 Å². The van der Waals surface area contributed by atoms with Crippen LogP contribution in [0.5, 0.6) is 0 Å². The van der Waals surface area contributed by atoms with E-state index < -0.39 is 5.54 Å². The summed E-state index contributed by atoms with van der Waals surface area (Å²) in [5.41, 5.74) is -1.05. The number of carbonyl (C=O) groups is 1. The quantitative estimate of drug-likeness (QED) is 0.414. The van der Waals surface area contributed by atoms with Gasteiger partial charge in [-0.15, -0.1) is 17.9 Å². The fourth-order valence-corrected chi connectivity index (χ4v) is 4.20. The fourth-order valence-electron chi connectivity index (χ4n) is 2.38.